The fourth-order valence-electron chi connectivity index (χ4n) is 2.67. The molecular weight excluding hydrogens is 290 g/mol. The van der Waals surface area contributed by atoms with Crippen molar-refractivity contribution in [3.05, 3.63) is 75.4 Å². The lowest BCUT2D eigenvalue weighted by Crippen LogP contribution is -2.42. The summed E-state index contributed by atoms with van der Waals surface area (Å²) in [6.07, 6.45) is 0. The maximum absolute atomic E-state index is 12.6. The van der Waals surface area contributed by atoms with Crippen molar-refractivity contribution in [1.82, 2.24) is 9.55 Å². The number of aromatic nitrogens is 2. The van der Waals surface area contributed by atoms with Crippen molar-refractivity contribution in [3.63, 3.8) is 0 Å². The van der Waals surface area contributed by atoms with E-state index in [9.17, 15) is 9.59 Å². The van der Waals surface area contributed by atoms with Crippen LogP contribution in [0.1, 0.15) is 6.92 Å². The Morgan fingerprint density at radius 3 is 2.43 bits per heavy atom. The molecule has 0 radical (unpaired) electrons. The molecule has 2 aromatic carbocycles. The quantitative estimate of drug-likeness (QED) is 0.804. The van der Waals surface area contributed by atoms with Gasteiger partial charge in [-0.15, -0.1) is 0 Å². The first-order chi connectivity index (χ1) is 11.1. The van der Waals surface area contributed by atoms with Crippen molar-refractivity contribution >= 4 is 16.6 Å². The highest BCUT2D eigenvalue weighted by molar-refractivity contribution is 5.76. The van der Waals surface area contributed by atoms with E-state index in [2.05, 4.69) is 9.88 Å². The Hall–Kier alpha value is -2.82. The van der Waals surface area contributed by atoms with Gasteiger partial charge in [0.15, 0.2) is 0 Å². The number of benzene rings is 2. The van der Waals surface area contributed by atoms with Crippen LogP contribution in [0.15, 0.2) is 64.2 Å². The van der Waals surface area contributed by atoms with Crippen molar-refractivity contribution in [2.45, 2.75) is 19.5 Å². The molecule has 3 rings (SSSR count). The van der Waals surface area contributed by atoms with E-state index in [0.29, 0.717) is 17.4 Å². The third kappa shape index (κ3) is 2.90. The zero-order valence-electron chi connectivity index (χ0n) is 13.2. The molecule has 3 aromatic rings. The van der Waals surface area contributed by atoms with Crippen molar-refractivity contribution in [3.8, 4) is 0 Å². The maximum atomic E-state index is 12.6. The molecule has 0 aliphatic rings. The Morgan fingerprint density at radius 2 is 1.70 bits per heavy atom. The van der Waals surface area contributed by atoms with Crippen LogP contribution in [-0.4, -0.2) is 22.6 Å². The molecule has 1 N–H and O–H groups in total. The van der Waals surface area contributed by atoms with E-state index in [-0.39, 0.29) is 17.3 Å². The van der Waals surface area contributed by atoms with Crippen LogP contribution in [0, 0.1) is 0 Å². The molecule has 0 aliphatic heterocycles. The lowest BCUT2D eigenvalue weighted by molar-refractivity contribution is 0.534. The van der Waals surface area contributed by atoms with Crippen LogP contribution in [0.3, 0.4) is 0 Å². The highest BCUT2D eigenvalue weighted by Crippen LogP contribution is 2.14. The lowest BCUT2D eigenvalue weighted by atomic mass is 10.2. The van der Waals surface area contributed by atoms with Gasteiger partial charge in [0, 0.05) is 18.8 Å². The van der Waals surface area contributed by atoms with Crippen LogP contribution in [-0.2, 0) is 6.54 Å². The third-order valence-corrected chi connectivity index (χ3v) is 4.16. The van der Waals surface area contributed by atoms with Crippen LogP contribution in [0.2, 0.25) is 0 Å². The van der Waals surface area contributed by atoms with Crippen molar-refractivity contribution in [2.75, 3.05) is 11.9 Å². The topological polar surface area (TPSA) is 58.1 Å². The fourth-order valence-corrected chi connectivity index (χ4v) is 2.67. The molecule has 118 valence electrons. The second kappa shape index (κ2) is 6.12. The summed E-state index contributed by atoms with van der Waals surface area (Å²) in [5, 5.41) is 0.529. The van der Waals surface area contributed by atoms with Crippen LogP contribution >= 0.6 is 0 Å². The number of anilines is 1. The van der Waals surface area contributed by atoms with E-state index >= 15 is 0 Å². The van der Waals surface area contributed by atoms with Gasteiger partial charge < -0.3 is 9.88 Å². The van der Waals surface area contributed by atoms with Crippen LogP contribution < -0.4 is 16.1 Å². The SMILES string of the molecule is C[C@H](Cn1c(=O)[nH]c2ccccc2c1=O)N(C)c1ccccc1. The molecule has 0 aliphatic carbocycles. The first-order valence-corrected chi connectivity index (χ1v) is 7.57. The number of rotatable bonds is 4. The molecule has 0 saturated heterocycles. The minimum absolute atomic E-state index is 0.00244. The van der Waals surface area contributed by atoms with Gasteiger partial charge in [-0.3, -0.25) is 9.36 Å². The number of H-pyrrole nitrogens is 1. The van der Waals surface area contributed by atoms with Crippen LogP contribution in [0.4, 0.5) is 5.69 Å². The van der Waals surface area contributed by atoms with Gasteiger partial charge in [-0.05, 0) is 31.2 Å². The molecule has 5 heteroatoms. The first kappa shape index (κ1) is 15.1. The molecule has 0 amide bonds. The van der Waals surface area contributed by atoms with E-state index in [0.717, 1.165) is 5.69 Å². The molecule has 0 fully saturated rings. The van der Waals surface area contributed by atoms with Crippen molar-refractivity contribution in [1.29, 1.82) is 0 Å². The van der Waals surface area contributed by atoms with E-state index in [1.165, 1.54) is 4.57 Å². The molecule has 0 unspecified atom stereocenters. The van der Waals surface area contributed by atoms with Crippen LogP contribution in [0.5, 0.6) is 0 Å². The van der Waals surface area contributed by atoms with Gasteiger partial charge in [0.1, 0.15) is 0 Å². The summed E-state index contributed by atoms with van der Waals surface area (Å²) >= 11 is 0. The van der Waals surface area contributed by atoms with E-state index in [1.807, 2.05) is 44.3 Å². The molecule has 0 spiro atoms. The molecule has 23 heavy (non-hydrogen) atoms. The molecule has 0 bridgehead atoms. The summed E-state index contributed by atoms with van der Waals surface area (Å²) in [5.74, 6) is 0. The Labute approximate surface area is 133 Å². The monoisotopic (exact) mass is 309 g/mol. The van der Waals surface area contributed by atoms with Gasteiger partial charge in [-0.2, -0.15) is 0 Å². The normalized spacial score (nSPS) is 12.3. The summed E-state index contributed by atoms with van der Waals surface area (Å²) < 4.78 is 1.27. The summed E-state index contributed by atoms with van der Waals surface area (Å²) in [6, 6.07) is 17.0. The zero-order chi connectivity index (χ0) is 16.4. The largest absolute Gasteiger partial charge is 0.370 e. The Kier molecular flexibility index (Phi) is 4.02. The second-order valence-corrected chi connectivity index (χ2v) is 5.69. The van der Waals surface area contributed by atoms with Crippen molar-refractivity contribution in [2.24, 2.45) is 0 Å². The lowest BCUT2D eigenvalue weighted by Gasteiger charge is -2.27. The highest BCUT2D eigenvalue weighted by atomic mass is 16.2. The summed E-state index contributed by atoms with van der Waals surface area (Å²) in [7, 11) is 1.96. The maximum Gasteiger partial charge on any atom is 0.328 e. The van der Waals surface area contributed by atoms with Crippen molar-refractivity contribution < 1.29 is 0 Å². The minimum atomic E-state index is -0.373. The molecule has 1 heterocycles. The molecule has 0 saturated carbocycles. The Bertz CT molecular complexity index is 928. The minimum Gasteiger partial charge on any atom is -0.370 e. The van der Waals surface area contributed by atoms with Crippen LogP contribution in [0.25, 0.3) is 10.9 Å². The average Bonchev–Trinajstić information content (AvgIpc) is 2.58. The highest BCUT2D eigenvalue weighted by Gasteiger charge is 2.14. The van der Waals surface area contributed by atoms with E-state index in [4.69, 9.17) is 0 Å². The molecular formula is C18H19N3O2. The predicted molar refractivity (Wildman–Crippen MR) is 93.1 cm³/mol. The number of nitrogens with one attached hydrogen (secondary N) is 1. The summed E-state index contributed by atoms with van der Waals surface area (Å²) in [6.45, 7) is 2.32. The van der Waals surface area contributed by atoms with Gasteiger partial charge in [-0.25, -0.2) is 4.79 Å². The molecule has 1 aromatic heterocycles. The number of fused-ring (bicyclic) bond motifs is 1. The van der Waals surface area contributed by atoms with Gasteiger partial charge >= 0.3 is 5.69 Å². The first-order valence-electron chi connectivity index (χ1n) is 7.57. The number of aromatic amines is 1. The Morgan fingerprint density at radius 1 is 1.04 bits per heavy atom. The van der Waals surface area contributed by atoms with Gasteiger partial charge in [0.05, 0.1) is 17.4 Å². The standard InChI is InChI=1S/C18H19N3O2/c1-13(20(2)14-8-4-3-5-9-14)12-21-17(22)15-10-6-7-11-16(15)19-18(21)23/h3-11,13H,12H2,1-2H3,(H,19,23)/t13-/m1/s1. The zero-order valence-corrected chi connectivity index (χ0v) is 13.2. The average molecular weight is 309 g/mol. The smallest absolute Gasteiger partial charge is 0.328 e. The van der Waals surface area contributed by atoms with E-state index in [1.54, 1.807) is 24.3 Å². The van der Waals surface area contributed by atoms with Gasteiger partial charge in [-0.1, -0.05) is 30.3 Å². The number of nitrogens with zero attached hydrogens (tertiary/aromatic N) is 2. The molecule has 1 atom stereocenters. The number of para-hydroxylation sites is 2. The second-order valence-electron chi connectivity index (χ2n) is 5.69. The number of hydrogen-bond acceptors (Lipinski definition) is 3. The summed E-state index contributed by atoms with van der Waals surface area (Å²) in [4.78, 5) is 29.6. The molecule has 5 nitrogen and oxygen atoms in total. The van der Waals surface area contributed by atoms with Gasteiger partial charge in [0.2, 0.25) is 0 Å². The number of hydrogen-bond donors (Lipinski definition) is 1. The summed E-state index contributed by atoms with van der Waals surface area (Å²) in [5.41, 5.74) is 0.993. The third-order valence-electron chi connectivity index (χ3n) is 4.16. The Balaban J connectivity index is 1.95. The fraction of sp³-hybridized carbons (Fsp3) is 0.222. The van der Waals surface area contributed by atoms with E-state index < -0.39 is 0 Å². The number of likely N-dealkylation sites (N-methyl/N-ethyl adjacent to an activating group) is 1. The predicted octanol–water partition coefficient (Wildman–Crippen LogP) is 2.21. The van der Waals surface area contributed by atoms with Gasteiger partial charge in [0.25, 0.3) is 5.56 Å².